The average Bonchev–Trinajstić information content (AvgIpc) is 3.18. The molecule has 1 saturated heterocycles. The van der Waals surface area contributed by atoms with Gasteiger partial charge in [-0.1, -0.05) is 6.92 Å². The molecule has 2 aromatic rings. The Kier molecular flexibility index (Phi) is 5.50. The summed E-state index contributed by atoms with van der Waals surface area (Å²) in [4.78, 5) is 23.4. The maximum Gasteiger partial charge on any atom is 0.407 e. The maximum absolute atomic E-state index is 12.2. The van der Waals surface area contributed by atoms with Crippen LogP contribution in [0.4, 0.5) is 16.3 Å². The van der Waals surface area contributed by atoms with E-state index in [1.165, 1.54) is 11.2 Å². The summed E-state index contributed by atoms with van der Waals surface area (Å²) in [5.74, 6) is 1.22. The summed E-state index contributed by atoms with van der Waals surface area (Å²) in [6.07, 6.45) is 2.43. The normalized spacial score (nSPS) is 17.1. The molecular weight excluding hydrogens is 408 g/mol. The predicted molar refractivity (Wildman–Crippen MR) is 110 cm³/mol. The smallest absolute Gasteiger partial charge is 0.407 e. The molecular formula is C20H24N4O5S. The van der Waals surface area contributed by atoms with Gasteiger partial charge in [0, 0.05) is 44.2 Å². The first kappa shape index (κ1) is 20.4. The molecule has 1 amide bonds. The van der Waals surface area contributed by atoms with Gasteiger partial charge in [0.25, 0.3) is 0 Å². The SMILES string of the molecule is CCS(=O)(=O)c1ccc2c(c1)CCN2c1cc(OC2CCN(C(=O)O)CC2)ncn1. The Morgan fingerprint density at radius 3 is 2.67 bits per heavy atom. The first-order chi connectivity index (χ1) is 14.4. The summed E-state index contributed by atoms with van der Waals surface area (Å²) in [7, 11) is -3.24. The highest BCUT2D eigenvalue weighted by Crippen LogP contribution is 2.36. The van der Waals surface area contributed by atoms with Gasteiger partial charge in [-0.2, -0.15) is 0 Å². The Balaban J connectivity index is 1.49. The summed E-state index contributed by atoms with van der Waals surface area (Å²) in [5, 5.41) is 9.05. The van der Waals surface area contributed by atoms with Gasteiger partial charge in [0.15, 0.2) is 9.84 Å². The monoisotopic (exact) mass is 432 g/mol. The van der Waals surface area contributed by atoms with Crippen molar-refractivity contribution in [2.45, 2.75) is 37.2 Å². The van der Waals surface area contributed by atoms with Crippen LogP contribution in [0.3, 0.4) is 0 Å². The predicted octanol–water partition coefficient (Wildman–Crippen LogP) is 2.49. The first-order valence-electron chi connectivity index (χ1n) is 9.97. The number of nitrogens with zero attached hydrogens (tertiary/aromatic N) is 4. The van der Waals surface area contributed by atoms with Crippen LogP contribution in [0.25, 0.3) is 0 Å². The molecule has 0 saturated carbocycles. The molecule has 1 aromatic heterocycles. The highest BCUT2D eigenvalue weighted by atomic mass is 32.2. The second-order valence-electron chi connectivity index (χ2n) is 7.40. The summed E-state index contributed by atoms with van der Waals surface area (Å²) in [6, 6.07) is 7.00. The third kappa shape index (κ3) is 4.04. The second-order valence-corrected chi connectivity index (χ2v) is 9.68. The standard InChI is InChI=1S/C20H24N4O5S/c1-2-30(27,28)16-3-4-17-14(11-16)5-10-24(17)18-12-19(22-13-21-18)29-15-6-8-23(9-7-15)20(25)26/h3-4,11-13,15H,2,5-10H2,1H3,(H,25,26). The number of amides is 1. The topological polar surface area (TPSA) is 113 Å². The van der Waals surface area contributed by atoms with Crippen LogP contribution in [0.2, 0.25) is 0 Å². The van der Waals surface area contributed by atoms with Crippen molar-refractivity contribution in [2.75, 3.05) is 30.3 Å². The van der Waals surface area contributed by atoms with E-state index >= 15 is 0 Å². The zero-order valence-corrected chi connectivity index (χ0v) is 17.5. The maximum atomic E-state index is 12.2. The summed E-state index contributed by atoms with van der Waals surface area (Å²) in [6.45, 7) is 3.22. The van der Waals surface area contributed by atoms with E-state index in [4.69, 9.17) is 9.84 Å². The van der Waals surface area contributed by atoms with Crippen LogP contribution >= 0.6 is 0 Å². The number of benzene rings is 1. The molecule has 30 heavy (non-hydrogen) atoms. The Labute approximate surface area is 175 Å². The summed E-state index contributed by atoms with van der Waals surface area (Å²) < 4.78 is 30.3. The third-order valence-electron chi connectivity index (χ3n) is 5.59. The van der Waals surface area contributed by atoms with Crippen LogP contribution < -0.4 is 9.64 Å². The van der Waals surface area contributed by atoms with Gasteiger partial charge >= 0.3 is 6.09 Å². The van der Waals surface area contributed by atoms with Gasteiger partial charge in [-0.15, -0.1) is 0 Å². The van der Waals surface area contributed by atoms with Crippen LogP contribution in [-0.4, -0.2) is 66.0 Å². The number of piperidine rings is 1. The van der Waals surface area contributed by atoms with Crippen molar-refractivity contribution in [3.8, 4) is 5.88 Å². The zero-order valence-electron chi connectivity index (χ0n) is 16.7. The lowest BCUT2D eigenvalue weighted by atomic mass is 10.1. The van der Waals surface area contributed by atoms with Crippen molar-refractivity contribution in [2.24, 2.45) is 0 Å². The van der Waals surface area contributed by atoms with Crippen LogP contribution in [0.15, 0.2) is 35.5 Å². The zero-order chi connectivity index (χ0) is 21.3. The fraction of sp³-hybridized carbons (Fsp3) is 0.450. The van der Waals surface area contributed by atoms with Crippen molar-refractivity contribution in [3.05, 3.63) is 36.2 Å². The summed E-state index contributed by atoms with van der Waals surface area (Å²) in [5.41, 5.74) is 1.91. The van der Waals surface area contributed by atoms with Crippen LogP contribution in [0, 0.1) is 0 Å². The molecule has 4 rings (SSSR count). The molecule has 0 spiro atoms. The highest BCUT2D eigenvalue weighted by molar-refractivity contribution is 7.91. The van der Waals surface area contributed by atoms with Gasteiger partial charge in [0.05, 0.1) is 10.6 Å². The van der Waals surface area contributed by atoms with Crippen molar-refractivity contribution in [1.82, 2.24) is 14.9 Å². The van der Waals surface area contributed by atoms with Crippen LogP contribution in [-0.2, 0) is 16.3 Å². The molecule has 1 fully saturated rings. The molecule has 0 radical (unpaired) electrons. The molecule has 0 atom stereocenters. The number of aromatic nitrogens is 2. The minimum atomic E-state index is -3.24. The number of ether oxygens (including phenoxy) is 1. The Morgan fingerprint density at radius 1 is 1.20 bits per heavy atom. The number of sulfone groups is 1. The number of likely N-dealkylation sites (tertiary alicyclic amines) is 1. The molecule has 10 heteroatoms. The lowest BCUT2D eigenvalue weighted by Gasteiger charge is -2.30. The van der Waals surface area contributed by atoms with Gasteiger partial charge in [-0.05, 0) is 30.2 Å². The van der Waals surface area contributed by atoms with E-state index in [2.05, 4.69) is 9.97 Å². The van der Waals surface area contributed by atoms with E-state index in [0.717, 1.165) is 17.7 Å². The lowest BCUT2D eigenvalue weighted by molar-refractivity contribution is 0.0870. The van der Waals surface area contributed by atoms with Gasteiger partial charge in [0.1, 0.15) is 18.2 Å². The number of hydrogen-bond acceptors (Lipinski definition) is 7. The number of carboxylic acid groups (broad SMARTS) is 1. The highest BCUT2D eigenvalue weighted by Gasteiger charge is 2.26. The Bertz CT molecular complexity index is 1050. The number of carbonyl (C=O) groups is 1. The molecule has 1 aromatic carbocycles. The largest absolute Gasteiger partial charge is 0.474 e. The Morgan fingerprint density at radius 2 is 1.97 bits per heavy atom. The third-order valence-corrected chi connectivity index (χ3v) is 7.32. The van der Waals surface area contributed by atoms with Gasteiger partial charge < -0.3 is 19.6 Å². The minimum absolute atomic E-state index is 0.0769. The molecule has 0 aliphatic carbocycles. The molecule has 3 heterocycles. The van der Waals surface area contributed by atoms with Crippen molar-refractivity contribution >= 4 is 27.4 Å². The van der Waals surface area contributed by atoms with Crippen LogP contribution in [0.1, 0.15) is 25.3 Å². The molecule has 0 bridgehead atoms. The number of fused-ring (bicyclic) bond motifs is 1. The molecule has 2 aliphatic rings. The molecule has 160 valence electrons. The lowest BCUT2D eigenvalue weighted by Crippen LogP contribution is -2.41. The fourth-order valence-electron chi connectivity index (χ4n) is 3.85. The molecule has 1 N–H and O–H groups in total. The first-order valence-corrected chi connectivity index (χ1v) is 11.6. The number of anilines is 2. The Hall–Kier alpha value is -2.88. The van der Waals surface area contributed by atoms with E-state index < -0.39 is 15.9 Å². The number of hydrogen-bond donors (Lipinski definition) is 1. The molecule has 0 unspecified atom stereocenters. The quantitative estimate of drug-likeness (QED) is 0.767. The van der Waals surface area contributed by atoms with E-state index in [1.54, 1.807) is 25.1 Å². The molecule has 2 aliphatic heterocycles. The van der Waals surface area contributed by atoms with E-state index in [9.17, 15) is 13.2 Å². The van der Waals surface area contributed by atoms with E-state index in [-0.39, 0.29) is 11.9 Å². The fourth-order valence-corrected chi connectivity index (χ4v) is 4.78. The van der Waals surface area contributed by atoms with Crippen molar-refractivity contribution < 1.29 is 23.1 Å². The van der Waals surface area contributed by atoms with E-state index in [0.29, 0.717) is 49.1 Å². The van der Waals surface area contributed by atoms with Gasteiger partial charge in [0.2, 0.25) is 5.88 Å². The molecule has 9 nitrogen and oxygen atoms in total. The van der Waals surface area contributed by atoms with Crippen molar-refractivity contribution in [1.29, 1.82) is 0 Å². The minimum Gasteiger partial charge on any atom is -0.474 e. The van der Waals surface area contributed by atoms with Gasteiger partial charge in [-0.3, -0.25) is 0 Å². The van der Waals surface area contributed by atoms with Crippen LogP contribution in [0.5, 0.6) is 5.88 Å². The summed E-state index contributed by atoms with van der Waals surface area (Å²) >= 11 is 0. The second kappa shape index (κ2) is 8.10. The average molecular weight is 433 g/mol. The number of rotatable bonds is 5. The van der Waals surface area contributed by atoms with Gasteiger partial charge in [-0.25, -0.2) is 23.2 Å². The van der Waals surface area contributed by atoms with E-state index in [1.807, 2.05) is 11.0 Å². The van der Waals surface area contributed by atoms with Crippen molar-refractivity contribution in [3.63, 3.8) is 0 Å².